The minimum atomic E-state index is -0.333. The molecule has 1 aliphatic heterocycles. The predicted molar refractivity (Wildman–Crippen MR) is 110 cm³/mol. The van der Waals surface area contributed by atoms with E-state index in [0.717, 1.165) is 42.9 Å². The fraction of sp³-hybridized carbons (Fsp3) is 0.333. The van der Waals surface area contributed by atoms with Gasteiger partial charge in [-0.05, 0) is 61.7 Å². The summed E-state index contributed by atoms with van der Waals surface area (Å²) in [5, 5.41) is 0. The number of aliphatic imine (C=N–C) groups is 1. The lowest BCUT2D eigenvalue weighted by molar-refractivity contribution is 0.100. The summed E-state index contributed by atoms with van der Waals surface area (Å²) in [5.74, 6) is 0.604. The lowest BCUT2D eigenvalue weighted by Gasteiger charge is -2.26. The summed E-state index contributed by atoms with van der Waals surface area (Å²) in [4.78, 5) is 19.5. The summed E-state index contributed by atoms with van der Waals surface area (Å²) in [6.45, 7) is 3.06. The molecule has 3 rings (SSSR count). The van der Waals surface area contributed by atoms with E-state index in [-0.39, 0.29) is 35.1 Å². The molecule has 2 aromatic carbocycles. The number of ketones is 1. The normalized spacial score (nSPS) is 14.0. The number of anilines is 1. The number of rotatable bonds is 4. The number of halogens is 2. The van der Waals surface area contributed by atoms with E-state index in [0.29, 0.717) is 5.56 Å². The monoisotopic (exact) mass is 418 g/mol. The van der Waals surface area contributed by atoms with Gasteiger partial charge in [0.1, 0.15) is 11.7 Å². The Kier molecular flexibility index (Phi) is 7.51. The summed E-state index contributed by atoms with van der Waals surface area (Å²) >= 11 is 0. The molecule has 26 heavy (non-hydrogen) atoms. The Bertz CT molecular complexity index is 774. The van der Waals surface area contributed by atoms with Crippen molar-refractivity contribution < 1.29 is 9.18 Å². The van der Waals surface area contributed by atoms with Gasteiger partial charge >= 0.3 is 0 Å². The van der Waals surface area contributed by atoms with Crippen molar-refractivity contribution in [2.24, 2.45) is 4.99 Å². The van der Waals surface area contributed by atoms with E-state index in [1.54, 1.807) is 12.1 Å². The third-order valence-electron chi connectivity index (χ3n) is 4.45. The number of aryl methyl sites for hydroxylation is 1. The number of hydrogen-bond acceptors (Lipinski definition) is 3. The van der Waals surface area contributed by atoms with E-state index in [1.807, 2.05) is 30.0 Å². The maximum absolute atomic E-state index is 13.1. The van der Waals surface area contributed by atoms with Crippen LogP contribution >= 0.6 is 17.0 Å². The molecule has 5 heteroatoms. The largest absolute Gasteiger partial charge is 0.322 e. The van der Waals surface area contributed by atoms with Crippen LogP contribution in [0.3, 0.4) is 0 Å². The van der Waals surface area contributed by atoms with Crippen LogP contribution in [-0.4, -0.2) is 24.7 Å². The van der Waals surface area contributed by atoms with Gasteiger partial charge in [-0.3, -0.25) is 9.79 Å². The van der Waals surface area contributed by atoms with Crippen LogP contribution in [0.4, 0.5) is 10.1 Å². The first-order valence-electron chi connectivity index (χ1n) is 8.80. The number of benzene rings is 2. The van der Waals surface area contributed by atoms with Crippen molar-refractivity contribution in [3.8, 4) is 0 Å². The molecule has 0 saturated heterocycles. The van der Waals surface area contributed by atoms with Crippen LogP contribution in [0.2, 0.25) is 0 Å². The summed E-state index contributed by atoms with van der Waals surface area (Å²) in [6, 6.07) is 13.9. The Labute approximate surface area is 164 Å². The van der Waals surface area contributed by atoms with Crippen LogP contribution in [0.5, 0.6) is 0 Å². The first kappa shape index (κ1) is 20.3. The van der Waals surface area contributed by atoms with Gasteiger partial charge in [0.2, 0.25) is 0 Å². The second-order valence-corrected chi connectivity index (χ2v) is 6.46. The van der Waals surface area contributed by atoms with E-state index in [1.165, 1.54) is 18.6 Å². The fourth-order valence-corrected chi connectivity index (χ4v) is 3.08. The maximum Gasteiger partial charge on any atom is 0.182 e. The van der Waals surface area contributed by atoms with Gasteiger partial charge in [0, 0.05) is 24.2 Å². The van der Waals surface area contributed by atoms with Gasteiger partial charge in [0.25, 0.3) is 0 Å². The lowest BCUT2D eigenvalue weighted by Crippen LogP contribution is -2.36. The minimum Gasteiger partial charge on any atom is -0.322 e. The molecule has 138 valence electrons. The fourth-order valence-electron chi connectivity index (χ4n) is 3.08. The van der Waals surface area contributed by atoms with Crippen molar-refractivity contribution in [1.82, 2.24) is 0 Å². The van der Waals surface area contributed by atoms with Gasteiger partial charge in [-0.1, -0.05) is 18.6 Å². The summed E-state index contributed by atoms with van der Waals surface area (Å²) in [5.41, 5.74) is 2.65. The molecular weight excluding hydrogens is 395 g/mol. The quantitative estimate of drug-likeness (QED) is 0.624. The molecule has 0 N–H and O–H groups in total. The number of amidine groups is 1. The Morgan fingerprint density at radius 2 is 1.88 bits per heavy atom. The summed E-state index contributed by atoms with van der Waals surface area (Å²) < 4.78 is 13.1. The molecule has 2 aromatic rings. The average Bonchev–Trinajstić information content (AvgIpc) is 2.89. The van der Waals surface area contributed by atoms with Crippen LogP contribution in [-0.2, 0) is 0 Å². The maximum atomic E-state index is 13.1. The van der Waals surface area contributed by atoms with Crippen molar-refractivity contribution in [1.29, 1.82) is 0 Å². The smallest absolute Gasteiger partial charge is 0.182 e. The minimum absolute atomic E-state index is 0. The second-order valence-electron chi connectivity index (χ2n) is 6.46. The van der Waals surface area contributed by atoms with E-state index in [2.05, 4.69) is 6.07 Å². The van der Waals surface area contributed by atoms with Crippen LogP contribution < -0.4 is 4.90 Å². The van der Waals surface area contributed by atoms with Crippen molar-refractivity contribution in [3.05, 3.63) is 65.5 Å². The van der Waals surface area contributed by atoms with Crippen molar-refractivity contribution in [2.75, 3.05) is 18.0 Å². The summed E-state index contributed by atoms with van der Waals surface area (Å²) in [6.07, 6.45) is 4.23. The molecule has 1 aliphatic rings. The second kappa shape index (κ2) is 9.62. The Balaban J connectivity index is 0.00000243. The summed E-state index contributed by atoms with van der Waals surface area (Å²) in [7, 11) is 0. The zero-order chi connectivity index (χ0) is 17.6. The number of hydrogen-bond donors (Lipinski definition) is 0. The number of nitrogens with zero attached hydrogens (tertiary/aromatic N) is 2. The molecule has 3 nitrogen and oxygen atoms in total. The first-order valence-corrected chi connectivity index (χ1v) is 8.80. The molecule has 0 aromatic heterocycles. The van der Waals surface area contributed by atoms with E-state index < -0.39 is 0 Å². The molecule has 0 aliphatic carbocycles. The number of carbonyl (C=O) groups excluding carboxylic acids is 1. The topological polar surface area (TPSA) is 32.7 Å². The molecule has 0 fully saturated rings. The van der Waals surface area contributed by atoms with Crippen molar-refractivity contribution in [3.63, 3.8) is 0 Å². The molecule has 1 heterocycles. The third-order valence-corrected chi connectivity index (χ3v) is 4.45. The molecule has 0 unspecified atom stereocenters. The number of carbonyl (C=O) groups is 1. The molecule has 0 atom stereocenters. The molecule has 0 amide bonds. The van der Waals surface area contributed by atoms with Gasteiger partial charge in [-0.25, -0.2) is 4.39 Å². The highest BCUT2D eigenvalue weighted by atomic mass is 79.9. The standard InChI is InChI=1S/C21H23FN2O.BrH/c1-16-6-5-7-19(14-16)24(21-8-3-2-4-13-23-21)15-20(25)17-9-11-18(22)12-10-17;/h5-7,9-12,14H,2-4,8,13,15H2,1H3;1H. The van der Waals surface area contributed by atoms with Gasteiger partial charge in [-0.15, -0.1) is 17.0 Å². The SMILES string of the molecule is Br.Cc1cccc(N(CC(=O)c2ccc(F)cc2)C2=NCCCCC2)c1. The average molecular weight is 419 g/mol. The van der Waals surface area contributed by atoms with Crippen LogP contribution in [0.1, 0.15) is 41.6 Å². The van der Waals surface area contributed by atoms with Gasteiger partial charge in [0.05, 0.1) is 6.54 Å². The first-order chi connectivity index (χ1) is 12.1. The zero-order valence-corrected chi connectivity index (χ0v) is 16.7. The molecule has 0 saturated carbocycles. The molecular formula is C21H24BrFN2O. The molecule has 0 spiro atoms. The Morgan fingerprint density at radius 3 is 2.62 bits per heavy atom. The Hall–Kier alpha value is -2.01. The van der Waals surface area contributed by atoms with E-state index in [9.17, 15) is 9.18 Å². The highest BCUT2D eigenvalue weighted by Gasteiger charge is 2.19. The van der Waals surface area contributed by atoms with Crippen molar-refractivity contribution in [2.45, 2.75) is 32.6 Å². The van der Waals surface area contributed by atoms with Crippen LogP contribution in [0.15, 0.2) is 53.5 Å². The highest BCUT2D eigenvalue weighted by Crippen LogP contribution is 2.21. The zero-order valence-electron chi connectivity index (χ0n) is 15.0. The Morgan fingerprint density at radius 1 is 1.12 bits per heavy atom. The highest BCUT2D eigenvalue weighted by molar-refractivity contribution is 8.93. The number of Topliss-reactive ketones (excluding diaryl/α,β-unsaturated/α-hetero) is 1. The van der Waals surface area contributed by atoms with Gasteiger partial charge in [-0.2, -0.15) is 0 Å². The molecule has 0 bridgehead atoms. The molecule has 0 radical (unpaired) electrons. The van der Waals surface area contributed by atoms with Gasteiger partial charge < -0.3 is 4.90 Å². The van der Waals surface area contributed by atoms with E-state index >= 15 is 0 Å². The predicted octanol–water partition coefficient (Wildman–Crippen LogP) is 5.37. The van der Waals surface area contributed by atoms with Crippen LogP contribution in [0, 0.1) is 12.7 Å². The van der Waals surface area contributed by atoms with Gasteiger partial charge in [0.15, 0.2) is 5.78 Å². The van der Waals surface area contributed by atoms with Crippen LogP contribution in [0.25, 0.3) is 0 Å². The lowest BCUT2D eigenvalue weighted by atomic mass is 10.1. The van der Waals surface area contributed by atoms with E-state index in [4.69, 9.17) is 4.99 Å². The third kappa shape index (κ3) is 5.24. The van der Waals surface area contributed by atoms with Crippen molar-refractivity contribution >= 4 is 34.3 Å².